The quantitative estimate of drug-likeness (QED) is 0.696. The monoisotopic (exact) mass is 229 g/mol. The SMILES string of the molecule is Nc1nccc(-c2cc3cccc(F)c3o2)n1. The Morgan fingerprint density at radius 3 is 2.88 bits per heavy atom. The van der Waals surface area contributed by atoms with Crippen LogP contribution in [0.15, 0.2) is 40.9 Å². The van der Waals surface area contributed by atoms with E-state index >= 15 is 0 Å². The number of hydrogen-bond donors (Lipinski definition) is 1. The number of nitrogens with two attached hydrogens (primary N) is 1. The summed E-state index contributed by atoms with van der Waals surface area (Å²) >= 11 is 0. The van der Waals surface area contributed by atoms with Crippen molar-refractivity contribution in [3.63, 3.8) is 0 Å². The number of fused-ring (bicyclic) bond motifs is 1. The molecule has 0 atom stereocenters. The van der Waals surface area contributed by atoms with Crippen LogP contribution in [0.1, 0.15) is 0 Å². The van der Waals surface area contributed by atoms with Gasteiger partial charge >= 0.3 is 0 Å². The predicted molar refractivity (Wildman–Crippen MR) is 61.6 cm³/mol. The summed E-state index contributed by atoms with van der Waals surface area (Å²) in [5.74, 6) is 0.235. The lowest BCUT2D eigenvalue weighted by molar-refractivity contribution is 0.567. The van der Waals surface area contributed by atoms with E-state index < -0.39 is 5.82 Å². The molecule has 3 aromatic rings. The Labute approximate surface area is 95.9 Å². The van der Waals surface area contributed by atoms with Gasteiger partial charge in [0.1, 0.15) is 5.69 Å². The summed E-state index contributed by atoms with van der Waals surface area (Å²) in [6, 6.07) is 8.14. The van der Waals surface area contributed by atoms with Gasteiger partial charge in [0, 0.05) is 11.6 Å². The van der Waals surface area contributed by atoms with Crippen LogP contribution in [-0.2, 0) is 0 Å². The fourth-order valence-electron chi connectivity index (χ4n) is 1.66. The average molecular weight is 229 g/mol. The van der Waals surface area contributed by atoms with E-state index in [4.69, 9.17) is 10.2 Å². The van der Waals surface area contributed by atoms with Crippen molar-refractivity contribution in [2.75, 3.05) is 5.73 Å². The van der Waals surface area contributed by atoms with Gasteiger partial charge in [-0.25, -0.2) is 14.4 Å². The molecule has 0 radical (unpaired) electrons. The van der Waals surface area contributed by atoms with E-state index in [2.05, 4.69) is 9.97 Å². The van der Waals surface area contributed by atoms with Crippen molar-refractivity contribution < 1.29 is 8.81 Å². The number of halogens is 1. The maximum atomic E-state index is 13.4. The maximum Gasteiger partial charge on any atom is 0.220 e. The molecule has 0 aliphatic heterocycles. The van der Waals surface area contributed by atoms with E-state index in [1.165, 1.54) is 12.3 Å². The van der Waals surface area contributed by atoms with Crippen LogP contribution in [0.5, 0.6) is 0 Å². The van der Waals surface area contributed by atoms with Crippen LogP contribution in [0.2, 0.25) is 0 Å². The molecule has 4 nitrogen and oxygen atoms in total. The molecule has 0 saturated heterocycles. The molecule has 0 unspecified atom stereocenters. The number of anilines is 1. The second-order valence-corrected chi connectivity index (χ2v) is 3.57. The second kappa shape index (κ2) is 3.55. The van der Waals surface area contributed by atoms with E-state index in [0.29, 0.717) is 16.8 Å². The molecule has 0 fully saturated rings. The summed E-state index contributed by atoms with van der Waals surface area (Å²) in [5, 5.41) is 0.692. The van der Waals surface area contributed by atoms with Crippen molar-refractivity contribution in [2.24, 2.45) is 0 Å². The van der Waals surface area contributed by atoms with Crippen molar-refractivity contribution in [2.45, 2.75) is 0 Å². The number of nitrogens with zero attached hydrogens (tertiary/aromatic N) is 2. The number of para-hydroxylation sites is 1. The van der Waals surface area contributed by atoms with Crippen molar-refractivity contribution in [3.05, 3.63) is 42.3 Å². The van der Waals surface area contributed by atoms with E-state index in [9.17, 15) is 4.39 Å². The lowest BCUT2D eigenvalue weighted by atomic mass is 10.2. The minimum absolute atomic E-state index is 0.156. The standard InChI is InChI=1S/C12H8FN3O/c13-8-3-1-2-7-6-10(17-11(7)8)9-4-5-15-12(14)16-9/h1-6H,(H2,14,15,16). The molecular weight excluding hydrogens is 221 g/mol. The highest BCUT2D eigenvalue weighted by molar-refractivity contribution is 5.82. The normalized spacial score (nSPS) is 10.9. The Morgan fingerprint density at radius 2 is 2.12 bits per heavy atom. The Kier molecular flexibility index (Phi) is 2.04. The largest absolute Gasteiger partial charge is 0.451 e. The molecule has 0 bridgehead atoms. The van der Waals surface area contributed by atoms with Crippen molar-refractivity contribution in [1.29, 1.82) is 0 Å². The Morgan fingerprint density at radius 1 is 1.24 bits per heavy atom. The van der Waals surface area contributed by atoms with E-state index in [0.717, 1.165) is 0 Å². The molecule has 0 spiro atoms. The molecule has 2 N–H and O–H groups in total. The summed E-state index contributed by atoms with van der Waals surface area (Å²) in [6.45, 7) is 0. The molecule has 17 heavy (non-hydrogen) atoms. The third-order valence-electron chi connectivity index (χ3n) is 2.42. The minimum atomic E-state index is -0.393. The van der Waals surface area contributed by atoms with Gasteiger partial charge in [0.15, 0.2) is 17.2 Å². The fourth-order valence-corrected chi connectivity index (χ4v) is 1.66. The zero-order valence-electron chi connectivity index (χ0n) is 8.72. The highest BCUT2D eigenvalue weighted by Crippen LogP contribution is 2.28. The second-order valence-electron chi connectivity index (χ2n) is 3.57. The van der Waals surface area contributed by atoms with Crippen molar-refractivity contribution in [1.82, 2.24) is 9.97 Å². The predicted octanol–water partition coefficient (Wildman–Crippen LogP) is 2.61. The molecule has 2 aromatic heterocycles. The summed E-state index contributed by atoms with van der Waals surface area (Å²) in [5.41, 5.74) is 6.24. The van der Waals surface area contributed by atoms with E-state index in [1.807, 2.05) is 0 Å². The highest BCUT2D eigenvalue weighted by atomic mass is 19.1. The van der Waals surface area contributed by atoms with Crippen LogP contribution < -0.4 is 5.73 Å². The van der Waals surface area contributed by atoms with Crippen LogP contribution in [0.4, 0.5) is 10.3 Å². The molecule has 0 aliphatic carbocycles. The molecular formula is C12H8FN3O. The number of furan rings is 1. The minimum Gasteiger partial charge on any atom is -0.451 e. The van der Waals surface area contributed by atoms with Gasteiger partial charge in [-0.1, -0.05) is 12.1 Å². The van der Waals surface area contributed by atoms with Crippen LogP contribution >= 0.6 is 0 Å². The zero-order chi connectivity index (χ0) is 11.8. The van der Waals surface area contributed by atoms with E-state index in [1.54, 1.807) is 24.3 Å². The zero-order valence-corrected chi connectivity index (χ0v) is 8.72. The van der Waals surface area contributed by atoms with Gasteiger partial charge in [-0.05, 0) is 18.2 Å². The Bertz CT molecular complexity index is 693. The number of rotatable bonds is 1. The average Bonchev–Trinajstić information content (AvgIpc) is 2.74. The molecule has 0 amide bonds. The van der Waals surface area contributed by atoms with Gasteiger partial charge in [-0.2, -0.15) is 0 Å². The fraction of sp³-hybridized carbons (Fsp3) is 0. The summed E-state index contributed by atoms with van der Waals surface area (Å²) in [4.78, 5) is 7.81. The smallest absolute Gasteiger partial charge is 0.220 e. The topological polar surface area (TPSA) is 64.9 Å². The highest BCUT2D eigenvalue weighted by Gasteiger charge is 2.10. The molecule has 0 saturated carbocycles. The molecule has 3 rings (SSSR count). The molecule has 2 heterocycles. The van der Waals surface area contributed by atoms with Gasteiger partial charge in [0.05, 0.1) is 0 Å². The van der Waals surface area contributed by atoms with Crippen LogP contribution in [-0.4, -0.2) is 9.97 Å². The number of benzene rings is 1. The Hall–Kier alpha value is -2.43. The van der Waals surface area contributed by atoms with Gasteiger partial charge in [0.2, 0.25) is 5.95 Å². The third-order valence-corrected chi connectivity index (χ3v) is 2.42. The van der Waals surface area contributed by atoms with Crippen molar-refractivity contribution in [3.8, 4) is 11.5 Å². The first kappa shape index (κ1) is 9.77. The van der Waals surface area contributed by atoms with Gasteiger partial charge in [0.25, 0.3) is 0 Å². The van der Waals surface area contributed by atoms with Crippen LogP contribution in [0.3, 0.4) is 0 Å². The van der Waals surface area contributed by atoms with Crippen LogP contribution in [0, 0.1) is 5.82 Å². The maximum absolute atomic E-state index is 13.4. The van der Waals surface area contributed by atoms with Gasteiger partial charge in [-0.15, -0.1) is 0 Å². The third kappa shape index (κ3) is 1.61. The molecule has 0 aliphatic rings. The summed E-state index contributed by atoms with van der Waals surface area (Å²) < 4.78 is 18.9. The number of nitrogen functional groups attached to an aromatic ring is 1. The first-order valence-electron chi connectivity index (χ1n) is 5.01. The van der Waals surface area contributed by atoms with E-state index in [-0.39, 0.29) is 11.5 Å². The lowest BCUT2D eigenvalue weighted by Gasteiger charge is -1.95. The summed E-state index contributed by atoms with van der Waals surface area (Å²) in [6.07, 6.45) is 1.53. The lowest BCUT2D eigenvalue weighted by Crippen LogP contribution is -1.94. The first-order chi connectivity index (χ1) is 8.24. The molecule has 5 heteroatoms. The van der Waals surface area contributed by atoms with Gasteiger partial charge in [-0.3, -0.25) is 0 Å². The first-order valence-corrected chi connectivity index (χ1v) is 5.01. The van der Waals surface area contributed by atoms with Crippen LogP contribution in [0.25, 0.3) is 22.4 Å². The summed E-state index contributed by atoms with van der Waals surface area (Å²) in [7, 11) is 0. The number of hydrogen-bond acceptors (Lipinski definition) is 4. The number of aromatic nitrogens is 2. The van der Waals surface area contributed by atoms with Gasteiger partial charge < -0.3 is 10.2 Å². The molecule has 84 valence electrons. The van der Waals surface area contributed by atoms with Crippen molar-refractivity contribution >= 4 is 16.9 Å². The molecule has 1 aromatic carbocycles. The Balaban J connectivity index is 2.22.